The lowest BCUT2D eigenvalue weighted by atomic mass is 10.0. The highest BCUT2D eigenvalue weighted by Gasteiger charge is 2.19. The van der Waals surface area contributed by atoms with E-state index >= 15 is 0 Å². The normalized spacial score (nSPS) is 10.7. The topological polar surface area (TPSA) is 65.6 Å². The van der Waals surface area contributed by atoms with Gasteiger partial charge in [-0.3, -0.25) is 0 Å². The summed E-state index contributed by atoms with van der Waals surface area (Å²) in [6.45, 7) is 0. The van der Waals surface area contributed by atoms with Gasteiger partial charge in [0, 0.05) is 16.7 Å². The fourth-order valence-corrected chi connectivity index (χ4v) is 3.77. The molecule has 0 aliphatic rings. The second-order valence-corrected chi connectivity index (χ2v) is 7.34. The van der Waals surface area contributed by atoms with Gasteiger partial charge < -0.3 is 23.9 Å². The number of aromatic amines is 1. The van der Waals surface area contributed by atoms with Gasteiger partial charge in [-0.25, -0.2) is 4.98 Å². The van der Waals surface area contributed by atoms with Crippen LogP contribution in [0.25, 0.3) is 33.9 Å². The summed E-state index contributed by atoms with van der Waals surface area (Å²) in [5.41, 5.74) is 4.11. The van der Waals surface area contributed by atoms with E-state index in [2.05, 4.69) is 4.98 Å². The summed E-state index contributed by atoms with van der Waals surface area (Å²) in [5, 5.41) is 0.610. The fraction of sp³-hybridized carbons (Fsp3) is 0.160. The predicted molar refractivity (Wildman–Crippen MR) is 126 cm³/mol. The monoisotopic (exact) mass is 450 g/mol. The molecule has 4 rings (SSSR count). The molecule has 0 saturated carbocycles. The molecule has 1 N–H and O–H groups in total. The van der Waals surface area contributed by atoms with Gasteiger partial charge in [0.05, 0.1) is 44.8 Å². The highest BCUT2D eigenvalue weighted by Crippen LogP contribution is 2.40. The van der Waals surface area contributed by atoms with Crippen LogP contribution < -0.4 is 18.9 Å². The van der Waals surface area contributed by atoms with Crippen LogP contribution in [0.15, 0.2) is 60.7 Å². The molecule has 32 heavy (non-hydrogen) atoms. The smallest absolute Gasteiger partial charge is 0.161 e. The number of rotatable bonds is 7. The molecule has 1 aromatic heterocycles. The van der Waals surface area contributed by atoms with E-state index in [1.807, 2.05) is 60.7 Å². The van der Waals surface area contributed by atoms with E-state index in [0.29, 0.717) is 33.8 Å². The van der Waals surface area contributed by atoms with Crippen LogP contribution in [-0.4, -0.2) is 38.4 Å². The summed E-state index contributed by atoms with van der Waals surface area (Å²) in [6, 6.07) is 19.0. The first-order chi connectivity index (χ1) is 15.6. The molecule has 6 nitrogen and oxygen atoms in total. The molecule has 1 heterocycles. The van der Waals surface area contributed by atoms with Crippen LogP contribution in [0.1, 0.15) is 0 Å². The van der Waals surface area contributed by atoms with E-state index < -0.39 is 0 Å². The number of nitrogens with zero attached hydrogens (tertiary/aromatic N) is 1. The van der Waals surface area contributed by atoms with Gasteiger partial charge in [0.2, 0.25) is 0 Å². The van der Waals surface area contributed by atoms with E-state index in [0.717, 1.165) is 28.1 Å². The Labute approximate surface area is 191 Å². The molecule has 0 radical (unpaired) electrons. The van der Waals surface area contributed by atoms with Crippen molar-refractivity contribution in [2.45, 2.75) is 0 Å². The van der Waals surface area contributed by atoms with Crippen LogP contribution in [0.5, 0.6) is 23.0 Å². The first kappa shape index (κ1) is 21.6. The van der Waals surface area contributed by atoms with Crippen LogP contribution in [-0.2, 0) is 0 Å². The Balaban J connectivity index is 1.94. The number of benzene rings is 3. The Morgan fingerprint density at radius 1 is 0.688 bits per heavy atom. The maximum Gasteiger partial charge on any atom is 0.161 e. The van der Waals surface area contributed by atoms with Gasteiger partial charge in [-0.05, 0) is 48.5 Å². The third-order valence-corrected chi connectivity index (χ3v) is 5.49. The third-order valence-electron chi connectivity index (χ3n) is 5.16. The fourth-order valence-electron chi connectivity index (χ4n) is 3.55. The van der Waals surface area contributed by atoms with Crippen molar-refractivity contribution in [1.29, 1.82) is 0 Å². The van der Waals surface area contributed by atoms with Crippen LogP contribution in [0.3, 0.4) is 0 Å². The first-order valence-electron chi connectivity index (χ1n) is 9.89. The van der Waals surface area contributed by atoms with Crippen molar-refractivity contribution in [3.63, 3.8) is 0 Å². The van der Waals surface area contributed by atoms with Gasteiger partial charge >= 0.3 is 0 Å². The number of methoxy groups -OCH3 is 4. The number of H-pyrrole nitrogens is 1. The minimum Gasteiger partial charge on any atom is -0.493 e. The zero-order valence-corrected chi connectivity index (χ0v) is 19.0. The quantitative estimate of drug-likeness (QED) is 0.368. The molecule has 0 bridgehead atoms. The molecule has 164 valence electrons. The molecule has 0 amide bonds. The summed E-state index contributed by atoms with van der Waals surface area (Å²) in [5.74, 6) is 3.19. The maximum absolute atomic E-state index is 6.45. The summed E-state index contributed by atoms with van der Waals surface area (Å²) < 4.78 is 21.8. The van der Waals surface area contributed by atoms with Gasteiger partial charge in [-0.2, -0.15) is 0 Å². The van der Waals surface area contributed by atoms with Crippen LogP contribution in [0, 0.1) is 0 Å². The lowest BCUT2D eigenvalue weighted by Crippen LogP contribution is -1.93. The molecule has 0 spiro atoms. The molecule has 3 aromatic carbocycles. The van der Waals surface area contributed by atoms with Crippen LogP contribution in [0.2, 0.25) is 5.02 Å². The minimum atomic E-state index is 0.610. The molecule has 0 aliphatic heterocycles. The predicted octanol–water partition coefficient (Wildman–Crippen LogP) is 6.10. The molecular weight excluding hydrogens is 428 g/mol. The Bertz CT molecular complexity index is 1180. The number of halogens is 1. The van der Waals surface area contributed by atoms with Crippen molar-refractivity contribution >= 4 is 11.6 Å². The number of hydrogen-bond acceptors (Lipinski definition) is 5. The summed E-state index contributed by atoms with van der Waals surface area (Å²) in [7, 11) is 6.44. The van der Waals surface area contributed by atoms with E-state index in [-0.39, 0.29) is 0 Å². The molecule has 0 unspecified atom stereocenters. The summed E-state index contributed by atoms with van der Waals surface area (Å²) >= 11 is 6.45. The lowest BCUT2D eigenvalue weighted by Gasteiger charge is -2.11. The minimum absolute atomic E-state index is 0.610. The summed E-state index contributed by atoms with van der Waals surface area (Å²) in [4.78, 5) is 8.35. The third kappa shape index (κ3) is 3.97. The first-order valence-corrected chi connectivity index (χ1v) is 10.3. The molecular formula is C25H23ClN2O4. The van der Waals surface area contributed by atoms with Gasteiger partial charge in [-0.1, -0.05) is 23.7 Å². The van der Waals surface area contributed by atoms with Crippen molar-refractivity contribution in [3.05, 3.63) is 65.7 Å². The second kappa shape index (κ2) is 9.24. The lowest BCUT2D eigenvalue weighted by molar-refractivity contribution is 0.355. The largest absolute Gasteiger partial charge is 0.493 e. The standard InChI is InChI=1S/C25H23ClN2O4/c1-29-19-11-9-15(13-21(19)31-3)23-24(16-10-12-20(30-2)22(14-16)32-4)28-25(27-23)17-7-5-6-8-18(17)26/h5-14H,1-4H3,(H,27,28). The van der Waals surface area contributed by atoms with Crippen molar-refractivity contribution in [2.75, 3.05) is 28.4 Å². The van der Waals surface area contributed by atoms with E-state index in [4.69, 9.17) is 35.5 Å². The van der Waals surface area contributed by atoms with Crippen molar-refractivity contribution < 1.29 is 18.9 Å². The van der Waals surface area contributed by atoms with Crippen LogP contribution in [0.4, 0.5) is 0 Å². The van der Waals surface area contributed by atoms with E-state index in [9.17, 15) is 0 Å². The molecule has 0 aliphatic carbocycles. The van der Waals surface area contributed by atoms with Gasteiger partial charge in [0.1, 0.15) is 5.82 Å². The Hall–Kier alpha value is -3.64. The average molecular weight is 451 g/mol. The highest BCUT2D eigenvalue weighted by molar-refractivity contribution is 6.33. The van der Waals surface area contributed by atoms with Crippen molar-refractivity contribution in [1.82, 2.24) is 9.97 Å². The Kier molecular flexibility index (Phi) is 6.23. The molecule has 0 fully saturated rings. The van der Waals surface area contributed by atoms with Crippen molar-refractivity contribution in [2.24, 2.45) is 0 Å². The number of imidazole rings is 1. The van der Waals surface area contributed by atoms with E-state index in [1.165, 1.54) is 0 Å². The van der Waals surface area contributed by atoms with Gasteiger partial charge in [0.25, 0.3) is 0 Å². The molecule has 0 atom stereocenters. The zero-order valence-electron chi connectivity index (χ0n) is 18.2. The van der Waals surface area contributed by atoms with Gasteiger partial charge in [0.15, 0.2) is 23.0 Å². The summed E-state index contributed by atoms with van der Waals surface area (Å²) in [6.07, 6.45) is 0. The zero-order chi connectivity index (χ0) is 22.7. The molecule has 7 heteroatoms. The molecule has 4 aromatic rings. The second-order valence-electron chi connectivity index (χ2n) is 6.93. The maximum atomic E-state index is 6.45. The number of aromatic nitrogens is 2. The Morgan fingerprint density at radius 2 is 1.25 bits per heavy atom. The average Bonchev–Trinajstić information content (AvgIpc) is 3.28. The van der Waals surface area contributed by atoms with Gasteiger partial charge in [-0.15, -0.1) is 0 Å². The van der Waals surface area contributed by atoms with E-state index in [1.54, 1.807) is 28.4 Å². The Morgan fingerprint density at radius 3 is 1.84 bits per heavy atom. The SMILES string of the molecule is COc1ccc(-c2nc(-c3ccccc3Cl)[nH]c2-c2ccc(OC)c(OC)c2)cc1OC. The number of nitrogens with one attached hydrogen (secondary N) is 1. The van der Waals surface area contributed by atoms with Crippen molar-refractivity contribution in [3.8, 4) is 56.9 Å². The number of hydrogen-bond donors (Lipinski definition) is 1. The highest BCUT2D eigenvalue weighted by atomic mass is 35.5. The van der Waals surface area contributed by atoms with Crippen LogP contribution >= 0.6 is 11.6 Å². The number of ether oxygens (including phenoxy) is 4. The molecule has 0 saturated heterocycles.